The fourth-order valence-electron chi connectivity index (χ4n) is 2.98. The minimum Gasteiger partial charge on any atom is -0.491 e. The lowest BCUT2D eigenvalue weighted by Gasteiger charge is -2.35. The van der Waals surface area contributed by atoms with Crippen LogP contribution in [0.5, 0.6) is 5.75 Å². The monoisotopic (exact) mass is 345 g/mol. The van der Waals surface area contributed by atoms with Crippen molar-refractivity contribution in [1.82, 2.24) is 24.6 Å². The Kier molecular flexibility index (Phi) is 6.01. The van der Waals surface area contributed by atoms with E-state index < -0.39 is 6.10 Å². The van der Waals surface area contributed by atoms with Gasteiger partial charge in [-0.1, -0.05) is 18.2 Å². The van der Waals surface area contributed by atoms with Gasteiger partial charge in [0.25, 0.3) is 0 Å². The molecule has 1 atom stereocenters. The van der Waals surface area contributed by atoms with Gasteiger partial charge < -0.3 is 14.4 Å². The van der Waals surface area contributed by atoms with Crippen molar-refractivity contribution in [2.24, 2.45) is 7.05 Å². The number of aliphatic hydroxyl groups is 1. The van der Waals surface area contributed by atoms with E-state index in [9.17, 15) is 5.11 Å². The molecule has 0 radical (unpaired) electrons. The van der Waals surface area contributed by atoms with Crippen LogP contribution in [0.1, 0.15) is 11.6 Å². The lowest BCUT2D eigenvalue weighted by atomic mass is 10.2. The molecule has 7 heteroatoms. The first kappa shape index (κ1) is 17.8. The van der Waals surface area contributed by atoms with Crippen LogP contribution in [0.4, 0.5) is 0 Å². The first-order valence-corrected chi connectivity index (χ1v) is 8.77. The Bertz CT molecular complexity index is 653. The van der Waals surface area contributed by atoms with Gasteiger partial charge in [-0.25, -0.2) is 0 Å². The third-order valence-corrected chi connectivity index (χ3v) is 4.67. The number of rotatable bonds is 7. The molecular formula is C18H27N5O2. The summed E-state index contributed by atoms with van der Waals surface area (Å²) in [6.07, 6.45) is -0.479. The summed E-state index contributed by atoms with van der Waals surface area (Å²) in [4.78, 5) is 4.67. The van der Waals surface area contributed by atoms with Crippen molar-refractivity contribution >= 4 is 0 Å². The normalized spacial score (nSPS) is 17.6. The summed E-state index contributed by atoms with van der Waals surface area (Å²) in [5.74, 6) is 2.74. The highest BCUT2D eigenvalue weighted by atomic mass is 16.5. The smallest absolute Gasteiger partial charge is 0.146 e. The summed E-state index contributed by atoms with van der Waals surface area (Å²) in [6.45, 7) is 7.58. The highest BCUT2D eigenvalue weighted by Gasteiger charge is 2.21. The molecule has 2 heterocycles. The number of para-hydroxylation sites is 1. The molecule has 1 unspecified atom stereocenters. The largest absolute Gasteiger partial charge is 0.491 e. The molecule has 1 aliphatic heterocycles. The van der Waals surface area contributed by atoms with Gasteiger partial charge in [0.05, 0.1) is 6.54 Å². The molecule has 0 spiro atoms. The topological polar surface area (TPSA) is 66.7 Å². The molecule has 0 amide bonds. The van der Waals surface area contributed by atoms with Crippen LogP contribution in [0.2, 0.25) is 0 Å². The van der Waals surface area contributed by atoms with Gasteiger partial charge in [0.1, 0.15) is 30.1 Å². The van der Waals surface area contributed by atoms with Crippen molar-refractivity contribution in [2.75, 3.05) is 39.3 Å². The van der Waals surface area contributed by atoms with E-state index in [1.165, 1.54) is 0 Å². The zero-order chi connectivity index (χ0) is 17.6. The molecule has 1 fully saturated rings. The minimum atomic E-state index is -0.479. The van der Waals surface area contributed by atoms with Gasteiger partial charge in [-0.2, -0.15) is 0 Å². The van der Waals surface area contributed by atoms with Crippen LogP contribution >= 0.6 is 0 Å². The molecule has 1 aromatic carbocycles. The molecule has 0 bridgehead atoms. The first-order chi connectivity index (χ1) is 12.1. The maximum atomic E-state index is 10.2. The Hall–Kier alpha value is -1.96. The van der Waals surface area contributed by atoms with Crippen LogP contribution < -0.4 is 4.74 Å². The quantitative estimate of drug-likeness (QED) is 0.796. The predicted molar refractivity (Wildman–Crippen MR) is 95.4 cm³/mol. The second-order valence-corrected chi connectivity index (χ2v) is 6.58. The number of piperazine rings is 1. The van der Waals surface area contributed by atoms with Crippen LogP contribution in [0.3, 0.4) is 0 Å². The summed E-state index contributed by atoms with van der Waals surface area (Å²) < 4.78 is 7.66. The predicted octanol–water partition coefficient (Wildman–Crippen LogP) is 0.681. The molecule has 1 saturated heterocycles. The van der Waals surface area contributed by atoms with Crippen molar-refractivity contribution in [3.05, 3.63) is 42.0 Å². The lowest BCUT2D eigenvalue weighted by molar-refractivity contribution is 0.0440. The summed E-state index contributed by atoms with van der Waals surface area (Å²) in [5.41, 5.74) is 0. The second kappa shape index (κ2) is 8.42. The summed E-state index contributed by atoms with van der Waals surface area (Å²) >= 11 is 0. The number of aromatic nitrogens is 3. The number of ether oxygens (including phenoxy) is 1. The Balaban J connectivity index is 1.38. The van der Waals surface area contributed by atoms with Crippen molar-refractivity contribution in [3.8, 4) is 5.75 Å². The fourth-order valence-corrected chi connectivity index (χ4v) is 2.98. The maximum absolute atomic E-state index is 10.2. The van der Waals surface area contributed by atoms with E-state index in [1.807, 2.05) is 48.9 Å². The van der Waals surface area contributed by atoms with E-state index in [4.69, 9.17) is 4.74 Å². The van der Waals surface area contributed by atoms with Crippen LogP contribution in [-0.4, -0.2) is 75.1 Å². The molecule has 7 nitrogen and oxygen atoms in total. The molecule has 25 heavy (non-hydrogen) atoms. The maximum Gasteiger partial charge on any atom is 0.146 e. The van der Waals surface area contributed by atoms with E-state index in [2.05, 4.69) is 20.0 Å². The Morgan fingerprint density at radius 2 is 1.76 bits per heavy atom. The second-order valence-electron chi connectivity index (χ2n) is 6.58. The van der Waals surface area contributed by atoms with Gasteiger partial charge in [-0.3, -0.25) is 9.80 Å². The minimum absolute atomic E-state index is 0.322. The molecule has 1 aliphatic rings. The molecule has 1 N–H and O–H groups in total. The van der Waals surface area contributed by atoms with Gasteiger partial charge in [0.2, 0.25) is 0 Å². The highest BCUT2D eigenvalue weighted by molar-refractivity contribution is 5.20. The molecule has 1 aromatic heterocycles. The van der Waals surface area contributed by atoms with Crippen LogP contribution in [0.15, 0.2) is 30.3 Å². The van der Waals surface area contributed by atoms with E-state index in [-0.39, 0.29) is 0 Å². The number of aliphatic hydroxyl groups excluding tert-OH is 1. The molecule has 0 aliphatic carbocycles. The van der Waals surface area contributed by atoms with E-state index in [0.717, 1.165) is 50.1 Å². The number of aryl methyl sites for hydroxylation is 1. The number of nitrogens with zero attached hydrogens (tertiary/aromatic N) is 5. The standard InChI is InChI=1S/C18H27N5O2/c1-15-19-20-18(21(15)2)13-23-10-8-22(9-11-23)12-16(24)14-25-17-6-4-3-5-7-17/h3-7,16,24H,8-14H2,1-2H3. The zero-order valence-corrected chi connectivity index (χ0v) is 15.0. The summed E-state index contributed by atoms with van der Waals surface area (Å²) in [7, 11) is 2.00. The van der Waals surface area contributed by atoms with E-state index in [1.54, 1.807) is 0 Å². The average Bonchev–Trinajstić information content (AvgIpc) is 2.95. The number of hydrogen-bond acceptors (Lipinski definition) is 6. The zero-order valence-electron chi connectivity index (χ0n) is 15.0. The summed E-state index contributed by atoms with van der Waals surface area (Å²) in [5, 5.41) is 18.5. The van der Waals surface area contributed by atoms with Crippen LogP contribution in [-0.2, 0) is 13.6 Å². The molecular weight excluding hydrogens is 318 g/mol. The number of benzene rings is 1. The van der Waals surface area contributed by atoms with Gasteiger partial charge in [0.15, 0.2) is 0 Å². The molecule has 3 rings (SSSR count). The van der Waals surface area contributed by atoms with Crippen molar-refractivity contribution in [1.29, 1.82) is 0 Å². The highest BCUT2D eigenvalue weighted by Crippen LogP contribution is 2.10. The molecule has 136 valence electrons. The fraction of sp³-hybridized carbons (Fsp3) is 0.556. The van der Waals surface area contributed by atoms with Gasteiger partial charge >= 0.3 is 0 Å². The van der Waals surface area contributed by atoms with Gasteiger partial charge in [-0.05, 0) is 19.1 Å². The third-order valence-electron chi connectivity index (χ3n) is 4.67. The van der Waals surface area contributed by atoms with E-state index in [0.29, 0.717) is 13.2 Å². The first-order valence-electron chi connectivity index (χ1n) is 8.77. The number of hydrogen-bond donors (Lipinski definition) is 1. The van der Waals surface area contributed by atoms with Crippen molar-refractivity contribution in [2.45, 2.75) is 19.6 Å². The third kappa shape index (κ3) is 5.01. The average molecular weight is 345 g/mol. The van der Waals surface area contributed by atoms with Crippen LogP contribution in [0.25, 0.3) is 0 Å². The Morgan fingerprint density at radius 1 is 1.08 bits per heavy atom. The lowest BCUT2D eigenvalue weighted by Crippen LogP contribution is -2.49. The number of β-amino-alcohol motifs (C(OH)–C–C–N with tert-alkyl or cyclic N) is 1. The Labute approximate surface area is 148 Å². The molecule has 0 saturated carbocycles. The molecule has 2 aromatic rings. The summed E-state index contributed by atoms with van der Waals surface area (Å²) in [6, 6.07) is 9.61. The van der Waals surface area contributed by atoms with Crippen LogP contribution in [0, 0.1) is 6.92 Å². The Morgan fingerprint density at radius 3 is 2.40 bits per heavy atom. The van der Waals surface area contributed by atoms with Crippen molar-refractivity contribution < 1.29 is 9.84 Å². The van der Waals surface area contributed by atoms with Gasteiger partial charge in [-0.15, -0.1) is 10.2 Å². The SMILES string of the molecule is Cc1nnc(CN2CCN(CC(O)COc3ccccc3)CC2)n1C. The van der Waals surface area contributed by atoms with Gasteiger partial charge in [0, 0.05) is 39.8 Å². The van der Waals surface area contributed by atoms with Crippen molar-refractivity contribution in [3.63, 3.8) is 0 Å². The van der Waals surface area contributed by atoms with E-state index >= 15 is 0 Å².